The molecule has 31 heavy (non-hydrogen) atoms. The normalized spacial score (nSPS) is 13.7. The number of hydrogen-bond donors (Lipinski definition) is 1. The first-order chi connectivity index (χ1) is 15.3. The Morgan fingerprint density at radius 1 is 1.06 bits per heavy atom. The molecular formula is C24H25N5OS. The van der Waals surface area contributed by atoms with Crippen LogP contribution in [0.3, 0.4) is 0 Å². The van der Waals surface area contributed by atoms with E-state index in [9.17, 15) is 4.79 Å². The fourth-order valence-electron chi connectivity index (χ4n) is 4.09. The zero-order valence-corrected chi connectivity index (χ0v) is 18.2. The van der Waals surface area contributed by atoms with Crippen molar-refractivity contribution in [1.29, 1.82) is 0 Å². The third-order valence-electron chi connectivity index (χ3n) is 5.65. The Labute approximate surface area is 185 Å². The van der Waals surface area contributed by atoms with Gasteiger partial charge in [0.05, 0.1) is 15.2 Å². The molecule has 0 aliphatic carbocycles. The van der Waals surface area contributed by atoms with Crippen LogP contribution >= 0.6 is 11.3 Å². The maximum Gasteiger partial charge on any atom is 0.224 e. The smallest absolute Gasteiger partial charge is 0.224 e. The van der Waals surface area contributed by atoms with Gasteiger partial charge in [0, 0.05) is 30.6 Å². The molecule has 0 bridgehead atoms. The molecule has 7 heteroatoms. The number of amides is 1. The first-order valence-electron chi connectivity index (χ1n) is 10.9. The van der Waals surface area contributed by atoms with E-state index in [1.807, 2.05) is 42.5 Å². The number of aromatic nitrogens is 4. The highest BCUT2D eigenvalue weighted by molar-refractivity contribution is 7.18. The molecule has 0 spiro atoms. The quantitative estimate of drug-likeness (QED) is 0.453. The van der Waals surface area contributed by atoms with Crippen molar-refractivity contribution in [2.75, 3.05) is 5.32 Å². The average molecular weight is 432 g/mol. The number of carbonyl (C=O) groups excluding carboxylic acids is 1. The highest BCUT2D eigenvalue weighted by Crippen LogP contribution is 2.25. The summed E-state index contributed by atoms with van der Waals surface area (Å²) in [6.07, 6.45) is 6.62. The first kappa shape index (κ1) is 19.9. The van der Waals surface area contributed by atoms with Crippen LogP contribution in [0, 0.1) is 0 Å². The van der Waals surface area contributed by atoms with E-state index in [0.717, 1.165) is 65.7 Å². The summed E-state index contributed by atoms with van der Waals surface area (Å²) in [4.78, 5) is 17.1. The summed E-state index contributed by atoms with van der Waals surface area (Å²) in [6.45, 7) is 0.958. The van der Waals surface area contributed by atoms with Gasteiger partial charge in [0.15, 0.2) is 5.82 Å². The summed E-state index contributed by atoms with van der Waals surface area (Å²) < 4.78 is 3.43. The molecule has 6 nitrogen and oxygen atoms in total. The predicted molar refractivity (Wildman–Crippen MR) is 124 cm³/mol. The number of aryl methyl sites for hydroxylation is 2. The molecule has 4 aromatic rings. The maximum absolute atomic E-state index is 12.5. The van der Waals surface area contributed by atoms with Crippen molar-refractivity contribution < 1.29 is 4.79 Å². The van der Waals surface area contributed by atoms with Crippen LogP contribution in [0.4, 0.5) is 5.69 Å². The Hall–Kier alpha value is -3.06. The van der Waals surface area contributed by atoms with Gasteiger partial charge in [-0.05, 0) is 49.9 Å². The SMILES string of the molecule is O=C(CCCc1nc2ccccc2s1)Nc1cccc(-c2nnc3n2CCCCC3)c1. The largest absolute Gasteiger partial charge is 0.326 e. The molecule has 1 amide bonds. The Kier molecular flexibility index (Phi) is 5.76. The van der Waals surface area contributed by atoms with Gasteiger partial charge in [-0.2, -0.15) is 0 Å². The van der Waals surface area contributed by atoms with E-state index < -0.39 is 0 Å². The van der Waals surface area contributed by atoms with Gasteiger partial charge >= 0.3 is 0 Å². The van der Waals surface area contributed by atoms with E-state index in [1.165, 1.54) is 17.5 Å². The minimum Gasteiger partial charge on any atom is -0.326 e. The van der Waals surface area contributed by atoms with E-state index >= 15 is 0 Å². The average Bonchev–Trinajstić information content (AvgIpc) is 3.30. The highest BCUT2D eigenvalue weighted by atomic mass is 32.1. The standard InChI is InChI=1S/C24H25N5OS/c30-22(13-7-14-23-26-19-10-3-4-11-20(19)31-23)25-18-9-6-8-17(16-18)24-28-27-21-12-2-1-5-15-29(21)24/h3-4,6,8-11,16H,1-2,5,7,12-15H2,(H,25,30). The number of fused-ring (bicyclic) bond motifs is 2. The van der Waals surface area contributed by atoms with E-state index in [1.54, 1.807) is 11.3 Å². The van der Waals surface area contributed by atoms with Crippen LogP contribution in [0.25, 0.3) is 21.6 Å². The zero-order chi connectivity index (χ0) is 21.0. The Morgan fingerprint density at radius 3 is 2.94 bits per heavy atom. The summed E-state index contributed by atoms with van der Waals surface area (Å²) in [5.74, 6) is 1.99. The zero-order valence-electron chi connectivity index (χ0n) is 17.4. The number of nitrogens with zero attached hydrogens (tertiary/aromatic N) is 4. The molecule has 0 radical (unpaired) electrons. The van der Waals surface area contributed by atoms with Gasteiger partial charge in [-0.25, -0.2) is 4.98 Å². The highest BCUT2D eigenvalue weighted by Gasteiger charge is 2.16. The van der Waals surface area contributed by atoms with E-state index in [2.05, 4.69) is 31.1 Å². The molecule has 2 aromatic carbocycles. The van der Waals surface area contributed by atoms with E-state index in [-0.39, 0.29) is 5.91 Å². The van der Waals surface area contributed by atoms with Crippen LogP contribution in [-0.4, -0.2) is 25.7 Å². The van der Waals surface area contributed by atoms with Crippen LogP contribution in [0.5, 0.6) is 0 Å². The lowest BCUT2D eigenvalue weighted by Gasteiger charge is -2.09. The van der Waals surface area contributed by atoms with E-state index in [0.29, 0.717) is 6.42 Å². The molecule has 1 N–H and O–H groups in total. The molecule has 0 saturated carbocycles. The predicted octanol–water partition coefficient (Wildman–Crippen LogP) is 5.24. The van der Waals surface area contributed by atoms with Crippen molar-refractivity contribution in [1.82, 2.24) is 19.7 Å². The molecule has 3 heterocycles. The molecule has 1 aliphatic rings. The van der Waals surface area contributed by atoms with Crippen molar-refractivity contribution in [3.05, 3.63) is 59.4 Å². The molecule has 158 valence electrons. The van der Waals surface area contributed by atoms with Crippen LogP contribution in [0.2, 0.25) is 0 Å². The van der Waals surface area contributed by atoms with Crippen molar-refractivity contribution >= 4 is 33.1 Å². The molecule has 1 aliphatic heterocycles. The van der Waals surface area contributed by atoms with Crippen LogP contribution in [-0.2, 0) is 24.2 Å². The number of benzene rings is 2. The van der Waals surface area contributed by atoms with Gasteiger partial charge in [-0.15, -0.1) is 21.5 Å². The van der Waals surface area contributed by atoms with Crippen molar-refractivity contribution in [2.24, 2.45) is 0 Å². The van der Waals surface area contributed by atoms with Gasteiger partial charge in [-0.3, -0.25) is 4.79 Å². The lowest BCUT2D eigenvalue weighted by molar-refractivity contribution is -0.116. The van der Waals surface area contributed by atoms with Gasteiger partial charge in [0.2, 0.25) is 5.91 Å². The Balaban J connectivity index is 1.20. The summed E-state index contributed by atoms with van der Waals surface area (Å²) in [7, 11) is 0. The molecule has 0 saturated heterocycles. The second kappa shape index (κ2) is 8.98. The summed E-state index contributed by atoms with van der Waals surface area (Å²) in [5, 5.41) is 12.9. The number of thiazole rings is 1. The number of para-hydroxylation sites is 1. The molecule has 0 unspecified atom stereocenters. The van der Waals surface area contributed by atoms with E-state index in [4.69, 9.17) is 0 Å². The van der Waals surface area contributed by atoms with Crippen molar-refractivity contribution in [2.45, 2.75) is 51.5 Å². The van der Waals surface area contributed by atoms with Gasteiger partial charge < -0.3 is 9.88 Å². The fourth-order valence-corrected chi connectivity index (χ4v) is 5.09. The molecule has 2 aromatic heterocycles. The number of hydrogen-bond acceptors (Lipinski definition) is 5. The fraction of sp³-hybridized carbons (Fsp3) is 0.333. The van der Waals surface area contributed by atoms with Crippen LogP contribution < -0.4 is 5.32 Å². The number of rotatable bonds is 6. The minimum absolute atomic E-state index is 0.0262. The molecule has 0 atom stereocenters. The Morgan fingerprint density at radius 2 is 2.00 bits per heavy atom. The minimum atomic E-state index is 0.0262. The third kappa shape index (κ3) is 4.51. The van der Waals surface area contributed by atoms with Crippen molar-refractivity contribution in [3.8, 4) is 11.4 Å². The number of anilines is 1. The maximum atomic E-state index is 12.5. The second-order valence-corrected chi connectivity index (χ2v) is 9.08. The lowest BCUT2D eigenvalue weighted by Crippen LogP contribution is -2.11. The summed E-state index contributed by atoms with van der Waals surface area (Å²) in [6, 6.07) is 16.1. The van der Waals surface area contributed by atoms with Gasteiger partial charge in [0.25, 0.3) is 0 Å². The number of carbonyl (C=O) groups is 1. The van der Waals surface area contributed by atoms with Crippen LogP contribution in [0.15, 0.2) is 48.5 Å². The second-order valence-electron chi connectivity index (χ2n) is 7.96. The molecule has 5 rings (SSSR count). The Bertz CT molecular complexity index is 1180. The van der Waals surface area contributed by atoms with Crippen molar-refractivity contribution in [3.63, 3.8) is 0 Å². The van der Waals surface area contributed by atoms with Gasteiger partial charge in [-0.1, -0.05) is 30.7 Å². The third-order valence-corrected chi connectivity index (χ3v) is 6.74. The number of nitrogens with one attached hydrogen (secondary N) is 1. The molecular weight excluding hydrogens is 406 g/mol. The monoisotopic (exact) mass is 431 g/mol. The molecule has 0 fully saturated rings. The van der Waals surface area contributed by atoms with Crippen LogP contribution in [0.1, 0.15) is 42.9 Å². The first-order valence-corrected chi connectivity index (χ1v) is 11.7. The topological polar surface area (TPSA) is 72.7 Å². The summed E-state index contributed by atoms with van der Waals surface area (Å²) in [5.41, 5.74) is 2.83. The lowest BCUT2D eigenvalue weighted by atomic mass is 10.1. The van der Waals surface area contributed by atoms with Gasteiger partial charge in [0.1, 0.15) is 5.82 Å². The summed E-state index contributed by atoms with van der Waals surface area (Å²) >= 11 is 1.71.